The third-order valence-electron chi connectivity index (χ3n) is 8.10. The summed E-state index contributed by atoms with van der Waals surface area (Å²) in [4.78, 5) is 28.8. The molecule has 1 aromatic rings. The summed E-state index contributed by atoms with van der Waals surface area (Å²) in [6, 6.07) is 6.99. The predicted molar refractivity (Wildman–Crippen MR) is 120 cm³/mol. The molecule has 0 radical (unpaired) electrons. The van der Waals surface area contributed by atoms with Gasteiger partial charge < -0.3 is 14.8 Å². The highest BCUT2D eigenvalue weighted by Crippen LogP contribution is 2.53. The van der Waals surface area contributed by atoms with Gasteiger partial charge in [-0.15, -0.1) is 0 Å². The van der Waals surface area contributed by atoms with Gasteiger partial charge in [0, 0.05) is 11.6 Å². The third kappa shape index (κ3) is 3.41. The Morgan fingerprint density at radius 2 is 1.78 bits per heavy atom. The first-order valence-corrected chi connectivity index (χ1v) is 12.1. The van der Waals surface area contributed by atoms with Crippen LogP contribution in [0.3, 0.4) is 0 Å². The molecule has 0 bridgehead atoms. The fourth-order valence-electron chi connectivity index (χ4n) is 6.59. The molecule has 32 heavy (non-hydrogen) atoms. The monoisotopic (exact) mass is 437 g/mol. The minimum atomic E-state index is -1.14. The van der Waals surface area contributed by atoms with Crippen LogP contribution < -0.4 is 0 Å². The number of carbonyl (C=O) groups excluding carboxylic acids is 2. The number of amides is 2. The first-order chi connectivity index (χ1) is 15.4. The number of para-hydroxylation sites is 1. The van der Waals surface area contributed by atoms with Crippen LogP contribution in [0, 0.1) is 23.7 Å². The average Bonchev–Trinajstić information content (AvgIpc) is 3.04. The largest absolute Gasteiger partial charge is 0.508 e. The standard InChI is InChI=1S/C25H32BNO5/c1-14(2)17-12-19-22(25(30)27(24(19)29)15-8-4-3-5-9-15)18-13-21(32-26(31)23(17)18)16-10-6-7-11-20(16)28/h6-7,10-11,14-15,18-19,21-22,28,31H,3-5,8-9,12-13H2,1-2H3/t18-,19-,21-,22+/m0/s1. The normalized spacial score (nSPS) is 31.4. The Morgan fingerprint density at radius 1 is 1.06 bits per heavy atom. The highest BCUT2D eigenvalue weighted by molar-refractivity contribution is 6.53. The molecule has 4 aliphatic rings. The van der Waals surface area contributed by atoms with E-state index in [0.29, 0.717) is 18.4 Å². The number of nitrogens with zero attached hydrogens (tertiary/aromatic N) is 1. The molecule has 1 saturated carbocycles. The van der Waals surface area contributed by atoms with Crippen molar-refractivity contribution in [1.82, 2.24) is 4.90 Å². The van der Waals surface area contributed by atoms with Gasteiger partial charge in [-0.3, -0.25) is 14.5 Å². The SMILES string of the molecule is CC(C)C1=C2B(O)O[C@H](c3ccccc3O)C[C@H]2[C@H]2C(=O)N(C3CCCCC3)C(=O)[C@H]2C1. The van der Waals surface area contributed by atoms with Crippen molar-refractivity contribution in [3.05, 3.63) is 40.9 Å². The van der Waals surface area contributed by atoms with Gasteiger partial charge in [0.15, 0.2) is 0 Å². The van der Waals surface area contributed by atoms with Gasteiger partial charge >= 0.3 is 7.12 Å². The first-order valence-electron chi connectivity index (χ1n) is 12.1. The van der Waals surface area contributed by atoms with Gasteiger partial charge in [-0.1, -0.05) is 56.9 Å². The minimum Gasteiger partial charge on any atom is -0.508 e. The topological polar surface area (TPSA) is 87.1 Å². The Labute approximate surface area is 189 Å². The molecule has 5 rings (SSSR count). The number of benzene rings is 1. The maximum Gasteiger partial charge on any atom is 0.487 e. The predicted octanol–water partition coefficient (Wildman–Crippen LogP) is 3.78. The van der Waals surface area contributed by atoms with Crippen molar-refractivity contribution in [3.63, 3.8) is 0 Å². The molecule has 2 amide bonds. The lowest BCUT2D eigenvalue weighted by Gasteiger charge is -2.43. The van der Waals surface area contributed by atoms with E-state index >= 15 is 0 Å². The highest BCUT2D eigenvalue weighted by atomic mass is 16.5. The van der Waals surface area contributed by atoms with Gasteiger partial charge in [0.25, 0.3) is 0 Å². The Hall–Kier alpha value is -2.12. The zero-order chi connectivity index (χ0) is 22.6. The van der Waals surface area contributed by atoms with E-state index in [1.165, 1.54) is 0 Å². The molecular weight excluding hydrogens is 405 g/mol. The van der Waals surface area contributed by atoms with Gasteiger partial charge in [-0.2, -0.15) is 0 Å². The zero-order valence-corrected chi connectivity index (χ0v) is 18.9. The molecule has 6 nitrogen and oxygen atoms in total. The van der Waals surface area contributed by atoms with Crippen molar-refractivity contribution < 1.29 is 24.4 Å². The number of phenols is 1. The molecule has 1 aromatic carbocycles. The number of hydrogen-bond donors (Lipinski definition) is 2. The first kappa shape index (κ1) is 21.7. The molecule has 170 valence electrons. The van der Waals surface area contributed by atoms with Crippen LogP contribution in [0.5, 0.6) is 5.75 Å². The molecule has 0 unspecified atom stereocenters. The minimum absolute atomic E-state index is 0.0130. The van der Waals surface area contributed by atoms with E-state index in [9.17, 15) is 19.7 Å². The Kier molecular flexibility index (Phi) is 5.66. The number of allylic oxidation sites excluding steroid dienone is 2. The van der Waals surface area contributed by atoms with E-state index in [4.69, 9.17) is 4.65 Å². The number of likely N-dealkylation sites (tertiary alicyclic amines) is 1. The molecule has 2 heterocycles. The number of carbonyl (C=O) groups is 2. The van der Waals surface area contributed by atoms with E-state index in [1.807, 2.05) is 6.07 Å². The smallest absolute Gasteiger partial charge is 0.487 e. The number of rotatable bonds is 3. The van der Waals surface area contributed by atoms with Gasteiger partial charge in [0.1, 0.15) is 5.75 Å². The van der Waals surface area contributed by atoms with Crippen molar-refractivity contribution in [2.24, 2.45) is 23.7 Å². The van der Waals surface area contributed by atoms with Crippen molar-refractivity contribution in [3.8, 4) is 5.75 Å². The van der Waals surface area contributed by atoms with Crippen LogP contribution in [0.1, 0.15) is 70.5 Å². The van der Waals surface area contributed by atoms with Crippen molar-refractivity contribution in [2.45, 2.75) is 70.9 Å². The Bertz CT molecular complexity index is 953. The van der Waals surface area contributed by atoms with Gasteiger partial charge in [0.2, 0.25) is 11.8 Å². The number of imide groups is 1. The lowest BCUT2D eigenvalue weighted by Crippen LogP contribution is -2.46. The lowest BCUT2D eigenvalue weighted by atomic mass is 9.54. The number of hydrogen-bond acceptors (Lipinski definition) is 5. The summed E-state index contributed by atoms with van der Waals surface area (Å²) in [6.45, 7) is 4.14. The summed E-state index contributed by atoms with van der Waals surface area (Å²) in [6.07, 6.45) is 5.53. The second-order valence-corrected chi connectivity index (χ2v) is 10.2. The van der Waals surface area contributed by atoms with Crippen LogP contribution in [0.4, 0.5) is 0 Å². The van der Waals surface area contributed by atoms with Gasteiger partial charge in [-0.05, 0) is 49.1 Å². The summed E-state index contributed by atoms with van der Waals surface area (Å²) in [5, 5.41) is 21.4. The van der Waals surface area contributed by atoms with Crippen molar-refractivity contribution >= 4 is 18.9 Å². The molecule has 2 aliphatic carbocycles. The van der Waals surface area contributed by atoms with Crippen LogP contribution in [-0.4, -0.2) is 40.0 Å². The van der Waals surface area contributed by atoms with Crippen molar-refractivity contribution in [2.75, 3.05) is 0 Å². The summed E-state index contributed by atoms with van der Waals surface area (Å²) >= 11 is 0. The summed E-state index contributed by atoms with van der Waals surface area (Å²) in [5.74, 6) is -0.887. The quantitative estimate of drug-likeness (QED) is 0.555. The molecule has 0 spiro atoms. The van der Waals surface area contributed by atoms with Crippen LogP contribution in [0.25, 0.3) is 0 Å². The molecule has 4 atom stereocenters. The van der Waals surface area contributed by atoms with Crippen LogP contribution >= 0.6 is 0 Å². The van der Waals surface area contributed by atoms with Crippen LogP contribution in [0.15, 0.2) is 35.3 Å². The average molecular weight is 437 g/mol. The maximum atomic E-state index is 13.7. The molecule has 2 aliphatic heterocycles. The fraction of sp³-hybridized carbons (Fsp3) is 0.600. The third-order valence-corrected chi connectivity index (χ3v) is 8.10. The molecule has 7 heteroatoms. The van der Waals surface area contributed by atoms with E-state index < -0.39 is 19.1 Å². The highest BCUT2D eigenvalue weighted by Gasteiger charge is 2.59. The second-order valence-electron chi connectivity index (χ2n) is 10.2. The van der Waals surface area contributed by atoms with Crippen LogP contribution in [0.2, 0.25) is 0 Å². The Balaban J connectivity index is 1.53. The van der Waals surface area contributed by atoms with E-state index in [-0.39, 0.29) is 41.4 Å². The summed E-state index contributed by atoms with van der Waals surface area (Å²) in [7, 11) is -1.14. The molecule has 2 saturated heterocycles. The Morgan fingerprint density at radius 3 is 2.47 bits per heavy atom. The maximum absolute atomic E-state index is 13.7. The van der Waals surface area contributed by atoms with Crippen LogP contribution in [-0.2, 0) is 14.2 Å². The number of fused-ring (bicyclic) bond motifs is 3. The zero-order valence-electron chi connectivity index (χ0n) is 18.9. The lowest BCUT2D eigenvalue weighted by molar-refractivity contribution is -0.143. The van der Waals surface area contributed by atoms with E-state index in [0.717, 1.165) is 43.1 Å². The fourth-order valence-corrected chi connectivity index (χ4v) is 6.59. The number of aromatic hydroxyl groups is 1. The summed E-state index contributed by atoms with van der Waals surface area (Å²) < 4.78 is 5.98. The molecule has 0 aromatic heterocycles. The van der Waals surface area contributed by atoms with Crippen molar-refractivity contribution in [1.29, 1.82) is 0 Å². The van der Waals surface area contributed by atoms with Gasteiger partial charge in [0.05, 0.1) is 17.9 Å². The molecular formula is C25H32BNO5. The summed E-state index contributed by atoms with van der Waals surface area (Å²) in [5.41, 5.74) is 2.45. The van der Waals surface area contributed by atoms with E-state index in [1.54, 1.807) is 23.1 Å². The second kappa shape index (κ2) is 8.34. The molecule has 3 fully saturated rings. The molecule has 2 N–H and O–H groups in total. The van der Waals surface area contributed by atoms with Gasteiger partial charge in [-0.25, -0.2) is 0 Å². The van der Waals surface area contributed by atoms with E-state index in [2.05, 4.69) is 13.8 Å². The number of phenolic OH excluding ortho intramolecular Hbond substituents is 1.